The Kier molecular flexibility index (Phi) is 5.99. The van der Waals surface area contributed by atoms with Gasteiger partial charge in [-0.1, -0.05) is 33.6 Å². The molecule has 1 rings (SSSR count). The van der Waals surface area contributed by atoms with Crippen LogP contribution in [-0.4, -0.2) is 35.7 Å². The maximum absolute atomic E-state index is 12.4. The van der Waals surface area contributed by atoms with Crippen molar-refractivity contribution in [3.8, 4) is 0 Å². The Balaban J connectivity index is 2.75. The van der Waals surface area contributed by atoms with Crippen molar-refractivity contribution in [2.24, 2.45) is 11.3 Å². The molecule has 0 aromatic carbocycles. The lowest BCUT2D eigenvalue weighted by Crippen LogP contribution is -2.51. The highest BCUT2D eigenvalue weighted by atomic mass is 16.5. The highest BCUT2D eigenvalue weighted by molar-refractivity contribution is 5.98. The van der Waals surface area contributed by atoms with Gasteiger partial charge in [0.2, 0.25) is 5.91 Å². The van der Waals surface area contributed by atoms with Crippen LogP contribution in [-0.2, 0) is 14.3 Å². The van der Waals surface area contributed by atoms with E-state index in [0.717, 1.165) is 19.3 Å². The van der Waals surface area contributed by atoms with E-state index in [1.165, 1.54) is 0 Å². The minimum atomic E-state index is -0.850. The minimum absolute atomic E-state index is 0.254. The summed E-state index contributed by atoms with van der Waals surface area (Å²) in [4.78, 5) is 24.4. The number of hydrogen-bond donors (Lipinski definition) is 2. The number of esters is 1. The lowest BCUT2D eigenvalue weighted by Gasteiger charge is -2.32. The van der Waals surface area contributed by atoms with Gasteiger partial charge in [0.15, 0.2) is 0 Å². The Morgan fingerprint density at radius 3 is 2.40 bits per heavy atom. The fraction of sp³-hybridized carbons (Fsp3) is 0.867. The molecule has 3 unspecified atom stereocenters. The molecule has 0 bridgehead atoms. The number of carbonyl (C=O) groups excluding carboxylic acids is 2. The van der Waals surface area contributed by atoms with Crippen LogP contribution in [0.25, 0.3) is 0 Å². The molecule has 1 saturated carbocycles. The van der Waals surface area contributed by atoms with Gasteiger partial charge in [0.25, 0.3) is 0 Å². The molecule has 0 saturated heterocycles. The average Bonchev–Trinajstić information content (AvgIpc) is 2.30. The van der Waals surface area contributed by atoms with Crippen LogP contribution in [0.4, 0.5) is 0 Å². The predicted octanol–water partition coefficient (Wildman–Crippen LogP) is 1.63. The first-order valence-corrected chi connectivity index (χ1v) is 7.42. The molecule has 0 heterocycles. The van der Waals surface area contributed by atoms with Crippen LogP contribution in [0.1, 0.15) is 53.4 Å². The Bertz CT molecular complexity index is 348. The topological polar surface area (TPSA) is 75.6 Å². The zero-order valence-electron chi connectivity index (χ0n) is 12.9. The van der Waals surface area contributed by atoms with Gasteiger partial charge < -0.3 is 15.2 Å². The minimum Gasteiger partial charge on any atom is -0.465 e. The van der Waals surface area contributed by atoms with Crippen LogP contribution in [0.3, 0.4) is 0 Å². The number of rotatable bonds is 4. The fourth-order valence-electron chi connectivity index (χ4n) is 2.63. The molecule has 0 aliphatic heterocycles. The number of amides is 1. The van der Waals surface area contributed by atoms with E-state index in [-0.39, 0.29) is 18.6 Å². The molecule has 1 aliphatic carbocycles. The van der Waals surface area contributed by atoms with Gasteiger partial charge in [0.05, 0.1) is 18.8 Å². The zero-order valence-corrected chi connectivity index (χ0v) is 12.9. The predicted molar refractivity (Wildman–Crippen MR) is 76.0 cm³/mol. The maximum atomic E-state index is 12.4. The molecule has 0 aromatic heterocycles. The molecule has 5 nitrogen and oxygen atoms in total. The number of ether oxygens (including phenoxy) is 1. The Morgan fingerprint density at radius 1 is 1.30 bits per heavy atom. The van der Waals surface area contributed by atoms with Crippen molar-refractivity contribution in [3.05, 3.63) is 0 Å². The molecule has 1 amide bonds. The lowest BCUT2D eigenvalue weighted by molar-refractivity contribution is -0.157. The number of hydrogen-bond acceptors (Lipinski definition) is 4. The van der Waals surface area contributed by atoms with Crippen LogP contribution in [0.2, 0.25) is 0 Å². The molecular formula is C15H27NO4. The summed E-state index contributed by atoms with van der Waals surface area (Å²) in [7, 11) is 0. The highest BCUT2D eigenvalue weighted by Crippen LogP contribution is 2.28. The standard InChI is InChI=1S/C15H27NO4/c1-5-20-14(19)12(15(2,3)4)13(18)16-10-8-6-7-9-11(10)17/h10-12,17H,5-9H2,1-4H3,(H,16,18). The normalized spacial score (nSPS) is 24.9. The molecule has 5 heteroatoms. The molecule has 0 aromatic rings. The van der Waals surface area contributed by atoms with Gasteiger partial charge in [0.1, 0.15) is 5.92 Å². The summed E-state index contributed by atoms with van der Waals surface area (Å²) in [6.07, 6.45) is 2.91. The van der Waals surface area contributed by atoms with Crippen molar-refractivity contribution in [3.63, 3.8) is 0 Å². The quantitative estimate of drug-likeness (QED) is 0.608. The van der Waals surface area contributed by atoms with Gasteiger partial charge in [-0.15, -0.1) is 0 Å². The van der Waals surface area contributed by atoms with E-state index >= 15 is 0 Å². The first kappa shape index (κ1) is 17.0. The summed E-state index contributed by atoms with van der Waals surface area (Å²) < 4.78 is 5.01. The number of aliphatic hydroxyl groups excluding tert-OH is 1. The van der Waals surface area contributed by atoms with Crippen molar-refractivity contribution in [1.29, 1.82) is 0 Å². The van der Waals surface area contributed by atoms with E-state index in [4.69, 9.17) is 4.74 Å². The van der Waals surface area contributed by atoms with Crippen LogP contribution < -0.4 is 5.32 Å². The third-order valence-electron chi connectivity index (χ3n) is 3.71. The molecule has 0 spiro atoms. The van der Waals surface area contributed by atoms with Crippen molar-refractivity contribution in [2.45, 2.75) is 65.5 Å². The van der Waals surface area contributed by atoms with E-state index < -0.39 is 23.4 Å². The smallest absolute Gasteiger partial charge is 0.319 e. The summed E-state index contributed by atoms with van der Waals surface area (Å²) in [5.74, 6) is -1.69. The van der Waals surface area contributed by atoms with E-state index in [9.17, 15) is 14.7 Å². The third-order valence-corrected chi connectivity index (χ3v) is 3.71. The summed E-state index contributed by atoms with van der Waals surface area (Å²) in [6.45, 7) is 7.49. The Labute approximate surface area is 121 Å². The molecule has 1 fully saturated rings. The fourth-order valence-corrected chi connectivity index (χ4v) is 2.63. The summed E-state index contributed by atoms with van der Waals surface area (Å²) >= 11 is 0. The Hall–Kier alpha value is -1.10. The maximum Gasteiger partial charge on any atom is 0.319 e. The summed E-state index contributed by atoms with van der Waals surface area (Å²) in [6, 6.07) is -0.254. The van der Waals surface area contributed by atoms with Gasteiger partial charge in [-0.25, -0.2) is 0 Å². The van der Waals surface area contributed by atoms with E-state index in [0.29, 0.717) is 6.42 Å². The third kappa shape index (κ3) is 4.47. The van der Waals surface area contributed by atoms with Crippen LogP contribution in [0.15, 0.2) is 0 Å². The molecule has 3 atom stereocenters. The number of aliphatic hydroxyl groups is 1. The molecule has 0 radical (unpaired) electrons. The van der Waals surface area contributed by atoms with Gasteiger partial charge in [-0.3, -0.25) is 9.59 Å². The van der Waals surface area contributed by atoms with Crippen LogP contribution in [0.5, 0.6) is 0 Å². The SMILES string of the molecule is CCOC(=O)C(C(=O)NC1CCCCC1O)C(C)(C)C. The molecule has 1 aliphatic rings. The average molecular weight is 285 g/mol. The van der Waals surface area contributed by atoms with Gasteiger partial charge in [-0.2, -0.15) is 0 Å². The second kappa shape index (κ2) is 7.07. The first-order valence-electron chi connectivity index (χ1n) is 7.42. The lowest BCUT2D eigenvalue weighted by atomic mass is 9.79. The van der Waals surface area contributed by atoms with Crippen molar-refractivity contribution < 1.29 is 19.4 Å². The van der Waals surface area contributed by atoms with Gasteiger partial charge in [0, 0.05) is 0 Å². The highest BCUT2D eigenvalue weighted by Gasteiger charge is 2.40. The van der Waals surface area contributed by atoms with E-state index in [1.807, 2.05) is 20.8 Å². The Morgan fingerprint density at radius 2 is 1.90 bits per heavy atom. The van der Waals surface area contributed by atoms with E-state index in [1.54, 1.807) is 6.92 Å². The molecule has 2 N–H and O–H groups in total. The van der Waals surface area contributed by atoms with Crippen molar-refractivity contribution in [2.75, 3.05) is 6.61 Å². The van der Waals surface area contributed by atoms with Crippen LogP contribution >= 0.6 is 0 Å². The van der Waals surface area contributed by atoms with Crippen molar-refractivity contribution >= 4 is 11.9 Å². The first-order chi connectivity index (χ1) is 9.27. The summed E-state index contributed by atoms with van der Waals surface area (Å²) in [5, 5.41) is 12.7. The van der Waals surface area contributed by atoms with Gasteiger partial charge in [-0.05, 0) is 25.2 Å². The molecular weight excluding hydrogens is 258 g/mol. The second-order valence-electron chi connectivity index (χ2n) is 6.52. The van der Waals surface area contributed by atoms with Gasteiger partial charge >= 0.3 is 5.97 Å². The molecule has 116 valence electrons. The second-order valence-corrected chi connectivity index (χ2v) is 6.52. The number of nitrogens with one attached hydrogen (secondary N) is 1. The molecule has 20 heavy (non-hydrogen) atoms. The van der Waals surface area contributed by atoms with Crippen molar-refractivity contribution in [1.82, 2.24) is 5.32 Å². The zero-order chi connectivity index (χ0) is 15.3. The van der Waals surface area contributed by atoms with E-state index in [2.05, 4.69) is 5.32 Å². The summed E-state index contributed by atoms with van der Waals surface area (Å²) in [5.41, 5.74) is -0.518. The largest absolute Gasteiger partial charge is 0.465 e. The monoisotopic (exact) mass is 285 g/mol. The number of carbonyl (C=O) groups is 2. The van der Waals surface area contributed by atoms with Crippen LogP contribution in [0, 0.1) is 11.3 Å².